The van der Waals surface area contributed by atoms with Crippen molar-refractivity contribution in [1.29, 1.82) is 0 Å². The maximum absolute atomic E-state index is 14.0. The quantitative estimate of drug-likeness (QED) is 0.637. The minimum absolute atomic E-state index is 0.0966. The summed E-state index contributed by atoms with van der Waals surface area (Å²) in [5, 5.41) is 9.92. The molecule has 0 amide bonds. The number of benzene rings is 2. The zero-order valence-electron chi connectivity index (χ0n) is 18.6. The summed E-state index contributed by atoms with van der Waals surface area (Å²) in [5.74, 6) is -1.75. The average Bonchev–Trinajstić information content (AvgIpc) is 2.70. The molecule has 174 valence electrons. The lowest BCUT2D eigenvalue weighted by molar-refractivity contribution is -0.0363. The van der Waals surface area contributed by atoms with Crippen LogP contribution in [0.3, 0.4) is 0 Å². The third kappa shape index (κ3) is 5.21. The summed E-state index contributed by atoms with van der Waals surface area (Å²) in [6, 6.07) is 12.4. The number of phenols is 1. The van der Waals surface area contributed by atoms with Crippen LogP contribution in [0.2, 0.25) is 0 Å². The highest BCUT2D eigenvalue weighted by Crippen LogP contribution is 2.40. The highest BCUT2D eigenvalue weighted by Gasteiger charge is 2.38. The number of nitrogens with zero attached hydrogens (tertiary/aromatic N) is 2. The standard InChI is InChI=1S/C25H31F3N2O2/c1-17-11-20-12-21(31)5-8-23(20)24(30(17)16-25(2,27)28)19-3-6-22(7-4-19)32-10-9-29-14-18(13-26)15-29/h3-8,12,17-18,24,31H,9-11,13-16H2,1-2H3/t17-,24-/m0/s1. The number of hydrogen-bond donors (Lipinski definition) is 1. The van der Waals surface area contributed by atoms with Gasteiger partial charge in [-0.1, -0.05) is 18.2 Å². The van der Waals surface area contributed by atoms with Crippen LogP contribution in [0.5, 0.6) is 11.5 Å². The van der Waals surface area contributed by atoms with Gasteiger partial charge in [-0.15, -0.1) is 0 Å². The van der Waals surface area contributed by atoms with Gasteiger partial charge in [-0.05, 0) is 54.3 Å². The fourth-order valence-corrected chi connectivity index (χ4v) is 4.84. The molecule has 2 heterocycles. The first-order chi connectivity index (χ1) is 15.2. The minimum Gasteiger partial charge on any atom is -0.508 e. The zero-order valence-corrected chi connectivity index (χ0v) is 18.6. The Kier molecular flexibility index (Phi) is 6.67. The van der Waals surface area contributed by atoms with Gasteiger partial charge in [0.05, 0.1) is 19.3 Å². The Morgan fingerprint density at radius 1 is 1.12 bits per heavy atom. The highest BCUT2D eigenvalue weighted by atomic mass is 19.3. The normalized spacial score (nSPS) is 22.4. The Balaban J connectivity index is 1.50. The summed E-state index contributed by atoms with van der Waals surface area (Å²) < 4.78 is 46.4. The van der Waals surface area contributed by atoms with Crippen molar-refractivity contribution in [2.24, 2.45) is 5.92 Å². The molecule has 1 fully saturated rings. The lowest BCUT2D eigenvalue weighted by atomic mass is 9.84. The maximum atomic E-state index is 14.0. The molecule has 32 heavy (non-hydrogen) atoms. The van der Waals surface area contributed by atoms with E-state index < -0.39 is 5.92 Å². The molecule has 0 bridgehead atoms. The van der Waals surface area contributed by atoms with Crippen LogP contribution >= 0.6 is 0 Å². The Morgan fingerprint density at radius 3 is 2.50 bits per heavy atom. The molecule has 7 heteroatoms. The van der Waals surface area contributed by atoms with E-state index in [4.69, 9.17) is 4.74 Å². The number of rotatable bonds is 8. The largest absolute Gasteiger partial charge is 0.508 e. The summed E-state index contributed by atoms with van der Waals surface area (Å²) in [4.78, 5) is 4.01. The summed E-state index contributed by atoms with van der Waals surface area (Å²) >= 11 is 0. The SMILES string of the molecule is C[C@H]1Cc2cc(O)ccc2[C@H](c2ccc(OCCN3CC(CF)C3)cc2)N1CC(C)(F)F. The molecular weight excluding hydrogens is 417 g/mol. The molecule has 4 rings (SSSR count). The van der Waals surface area contributed by atoms with E-state index in [2.05, 4.69) is 4.90 Å². The lowest BCUT2D eigenvalue weighted by Gasteiger charge is -2.43. The van der Waals surface area contributed by atoms with E-state index in [1.165, 1.54) is 0 Å². The molecule has 0 aliphatic carbocycles. The number of fused-ring (bicyclic) bond motifs is 1. The van der Waals surface area contributed by atoms with Crippen molar-refractivity contribution in [3.05, 3.63) is 59.2 Å². The van der Waals surface area contributed by atoms with E-state index in [9.17, 15) is 18.3 Å². The predicted molar refractivity (Wildman–Crippen MR) is 118 cm³/mol. The number of phenolic OH excluding ortho intramolecular Hbond substituents is 1. The van der Waals surface area contributed by atoms with Gasteiger partial charge in [0.25, 0.3) is 5.92 Å². The zero-order chi connectivity index (χ0) is 22.9. The first-order valence-corrected chi connectivity index (χ1v) is 11.2. The number of ether oxygens (including phenoxy) is 1. The van der Waals surface area contributed by atoms with Gasteiger partial charge in [0.2, 0.25) is 0 Å². The number of hydrogen-bond acceptors (Lipinski definition) is 4. The molecule has 2 atom stereocenters. The van der Waals surface area contributed by atoms with Crippen LogP contribution in [-0.2, 0) is 6.42 Å². The number of alkyl halides is 3. The van der Waals surface area contributed by atoms with Crippen LogP contribution < -0.4 is 4.74 Å². The van der Waals surface area contributed by atoms with Gasteiger partial charge < -0.3 is 9.84 Å². The molecule has 0 aromatic heterocycles. The van der Waals surface area contributed by atoms with E-state index in [0.717, 1.165) is 49.0 Å². The highest BCUT2D eigenvalue weighted by molar-refractivity contribution is 5.45. The van der Waals surface area contributed by atoms with Crippen LogP contribution in [0, 0.1) is 5.92 Å². The summed E-state index contributed by atoms with van der Waals surface area (Å²) in [6.45, 7) is 5.15. The van der Waals surface area contributed by atoms with Crippen LogP contribution in [0.4, 0.5) is 13.2 Å². The molecule has 1 N–H and O–H groups in total. The molecule has 4 nitrogen and oxygen atoms in total. The molecule has 0 unspecified atom stereocenters. The van der Waals surface area contributed by atoms with Crippen molar-refractivity contribution in [3.8, 4) is 11.5 Å². The first kappa shape index (κ1) is 22.9. The third-order valence-electron chi connectivity index (χ3n) is 6.42. The molecule has 2 aliphatic rings. The predicted octanol–water partition coefficient (Wildman–Crippen LogP) is 4.66. The molecule has 0 spiro atoms. The Bertz CT molecular complexity index is 910. The van der Waals surface area contributed by atoms with Gasteiger partial charge in [-0.3, -0.25) is 14.2 Å². The molecule has 2 aromatic carbocycles. The second-order valence-electron chi connectivity index (χ2n) is 9.28. The van der Waals surface area contributed by atoms with Crippen LogP contribution in [0.15, 0.2) is 42.5 Å². The smallest absolute Gasteiger partial charge is 0.257 e. The third-order valence-corrected chi connectivity index (χ3v) is 6.42. The van der Waals surface area contributed by atoms with Crippen molar-refractivity contribution < 1.29 is 23.0 Å². The topological polar surface area (TPSA) is 35.9 Å². The van der Waals surface area contributed by atoms with Crippen LogP contribution in [0.1, 0.15) is 36.6 Å². The Labute approximate surface area is 187 Å². The van der Waals surface area contributed by atoms with E-state index in [0.29, 0.717) is 13.0 Å². The van der Waals surface area contributed by atoms with Crippen molar-refractivity contribution in [2.75, 3.05) is 39.5 Å². The molecular formula is C25H31F3N2O2. The molecule has 2 aliphatic heterocycles. The lowest BCUT2D eigenvalue weighted by Crippen LogP contribution is -2.49. The molecule has 2 aromatic rings. The number of halogens is 3. The minimum atomic E-state index is -2.82. The number of aromatic hydroxyl groups is 1. The number of likely N-dealkylation sites (tertiary alicyclic amines) is 1. The molecule has 0 radical (unpaired) electrons. The summed E-state index contributed by atoms with van der Waals surface area (Å²) in [5.41, 5.74) is 2.84. The van der Waals surface area contributed by atoms with E-state index >= 15 is 0 Å². The monoisotopic (exact) mass is 448 g/mol. The van der Waals surface area contributed by atoms with Crippen LogP contribution in [-0.4, -0.2) is 66.3 Å². The van der Waals surface area contributed by atoms with E-state index in [1.807, 2.05) is 42.2 Å². The van der Waals surface area contributed by atoms with Gasteiger partial charge in [0.15, 0.2) is 0 Å². The fraction of sp³-hybridized carbons (Fsp3) is 0.520. The average molecular weight is 449 g/mol. The Morgan fingerprint density at radius 2 is 1.84 bits per heavy atom. The second-order valence-corrected chi connectivity index (χ2v) is 9.28. The van der Waals surface area contributed by atoms with Gasteiger partial charge in [0, 0.05) is 38.5 Å². The van der Waals surface area contributed by atoms with Gasteiger partial charge in [-0.25, -0.2) is 8.78 Å². The maximum Gasteiger partial charge on any atom is 0.257 e. The summed E-state index contributed by atoms with van der Waals surface area (Å²) in [6.07, 6.45) is 0.608. The molecule has 0 saturated carbocycles. The van der Waals surface area contributed by atoms with Gasteiger partial charge >= 0.3 is 0 Å². The van der Waals surface area contributed by atoms with Crippen LogP contribution in [0.25, 0.3) is 0 Å². The Hall–Kier alpha value is -2.25. The van der Waals surface area contributed by atoms with Gasteiger partial charge in [0.1, 0.15) is 18.1 Å². The van der Waals surface area contributed by atoms with Crippen molar-refractivity contribution in [3.63, 3.8) is 0 Å². The van der Waals surface area contributed by atoms with Gasteiger partial charge in [-0.2, -0.15) is 0 Å². The van der Waals surface area contributed by atoms with E-state index in [1.54, 1.807) is 12.1 Å². The molecule has 1 saturated heterocycles. The second kappa shape index (κ2) is 9.32. The summed E-state index contributed by atoms with van der Waals surface area (Å²) in [7, 11) is 0. The fourth-order valence-electron chi connectivity index (χ4n) is 4.84. The van der Waals surface area contributed by atoms with E-state index in [-0.39, 0.29) is 37.0 Å². The van der Waals surface area contributed by atoms with Crippen molar-refractivity contribution in [2.45, 2.75) is 38.3 Å². The first-order valence-electron chi connectivity index (χ1n) is 11.2. The van der Waals surface area contributed by atoms with Crippen molar-refractivity contribution >= 4 is 0 Å². The van der Waals surface area contributed by atoms with Crippen molar-refractivity contribution in [1.82, 2.24) is 9.80 Å².